The number of aryl methyl sites for hydroxylation is 1. The lowest BCUT2D eigenvalue weighted by atomic mass is 10.1. The molecule has 0 bridgehead atoms. The Morgan fingerprint density at radius 1 is 1.17 bits per heavy atom. The number of hydrogen-bond acceptors (Lipinski definition) is 3. The zero-order valence-electron chi connectivity index (χ0n) is 10.5. The van der Waals surface area contributed by atoms with Crippen LogP contribution in [0.2, 0.25) is 0 Å². The van der Waals surface area contributed by atoms with Crippen LogP contribution in [0.4, 0.5) is 0 Å². The van der Waals surface area contributed by atoms with Crippen LogP contribution < -0.4 is 0 Å². The van der Waals surface area contributed by atoms with Gasteiger partial charge in [-0.05, 0) is 31.2 Å². The molecule has 0 amide bonds. The van der Waals surface area contributed by atoms with Crippen molar-refractivity contribution in [2.75, 3.05) is 0 Å². The monoisotopic (exact) mass is 257 g/mol. The summed E-state index contributed by atoms with van der Waals surface area (Å²) in [4.78, 5) is 17.3. The molecule has 0 aliphatic rings. The number of Topliss-reactive ketones (excluding diaryl/α,β-unsaturated/α-hetero) is 1. The zero-order chi connectivity index (χ0) is 13.0. The van der Waals surface area contributed by atoms with Crippen LogP contribution in [0, 0.1) is 6.92 Å². The topological polar surface area (TPSA) is 30.0 Å². The van der Waals surface area contributed by atoms with Gasteiger partial charge in [0.15, 0.2) is 5.78 Å². The summed E-state index contributed by atoms with van der Waals surface area (Å²) in [5.74, 6) is 0.149. The van der Waals surface area contributed by atoms with Crippen LogP contribution in [0.1, 0.15) is 29.4 Å². The molecule has 2 aromatic rings. The van der Waals surface area contributed by atoms with E-state index in [1.165, 1.54) is 0 Å². The van der Waals surface area contributed by atoms with Gasteiger partial charge in [-0.2, -0.15) is 0 Å². The first-order valence-electron chi connectivity index (χ1n) is 5.94. The van der Waals surface area contributed by atoms with E-state index in [4.69, 9.17) is 0 Å². The van der Waals surface area contributed by atoms with Crippen LogP contribution in [0.5, 0.6) is 0 Å². The highest BCUT2D eigenvalue weighted by Crippen LogP contribution is 2.26. The van der Waals surface area contributed by atoms with Gasteiger partial charge in [0.25, 0.3) is 0 Å². The third-order valence-corrected chi connectivity index (χ3v) is 3.59. The maximum Gasteiger partial charge on any atom is 0.164 e. The van der Waals surface area contributed by atoms with Crippen molar-refractivity contribution in [2.45, 2.75) is 30.2 Å². The molecule has 0 atom stereocenters. The quantitative estimate of drug-likeness (QED) is 0.771. The van der Waals surface area contributed by atoms with Gasteiger partial charge in [0, 0.05) is 22.6 Å². The van der Waals surface area contributed by atoms with Crippen LogP contribution in [-0.2, 0) is 0 Å². The molecule has 0 radical (unpaired) electrons. The summed E-state index contributed by atoms with van der Waals surface area (Å²) >= 11 is 1.61. The van der Waals surface area contributed by atoms with E-state index in [1.807, 2.05) is 56.3 Å². The Bertz CT molecular complexity index is 552. The molecule has 18 heavy (non-hydrogen) atoms. The van der Waals surface area contributed by atoms with Gasteiger partial charge in [-0.15, -0.1) is 0 Å². The molecule has 92 valence electrons. The Kier molecular flexibility index (Phi) is 4.15. The van der Waals surface area contributed by atoms with Gasteiger partial charge in [0.05, 0.1) is 0 Å². The third-order valence-electron chi connectivity index (χ3n) is 2.65. The molecule has 1 heterocycles. The molecule has 1 aromatic carbocycles. The molecule has 0 aliphatic heterocycles. The van der Waals surface area contributed by atoms with Crippen LogP contribution in [0.25, 0.3) is 0 Å². The lowest BCUT2D eigenvalue weighted by Crippen LogP contribution is -2.01. The van der Waals surface area contributed by atoms with Crippen LogP contribution >= 0.6 is 11.8 Å². The van der Waals surface area contributed by atoms with Crippen molar-refractivity contribution < 1.29 is 4.79 Å². The second-order valence-electron chi connectivity index (χ2n) is 3.97. The summed E-state index contributed by atoms with van der Waals surface area (Å²) in [6.45, 7) is 3.76. The molecule has 0 saturated carbocycles. The van der Waals surface area contributed by atoms with Crippen molar-refractivity contribution in [3.05, 3.63) is 53.7 Å². The predicted octanol–water partition coefficient (Wildman–Crippen LogP) is 4.13. The number of nitrogens with zero attached hydrogens (tertiary/aromatic N) is 1. The molecule has 0 aliphatic carbocycles. The first-order chi connectivity index (χ1) is 8.70. The third kappa shape index (κ3) is 2.99. The number of aromatic nitrogens is 1. The molecule has 0 unspecified atom stereocenters. The largest absolute Gasteiger partial charge is 0.294 e. The molecule has 0 saturated heterocycles. The Labute approximate surface area is 111 Å². The molecule has 0 fully saturated rings. The minimum atomic E-state index is 0.149. The maximum absolute atomic E-state index is 11.7. The number of benzene rings is 1. The molecular formula is C15H15NOS. The molecule has 0 N–H and O–H groups in total. The smallest absolute Gasteiger partial charge is 0.164 e. The van der Waals surface area contributed by atoms with E-state index in [0.717, 1.165) is 21.2 Å². The predicted molar refractivity (Wildman–Crippen MR) is 74.2 cm³/mol. The fourth-order valence-corrected chi connectivity index (χ4v) is 2.54. The Morgan fingerprint density at radius 3 is 2.50 bits per heavy atom. The molecule has 2 nitrogen and oxygen atoms in total. The summed E-state index contributed by atoms with van der Waals surface area (Å²) in [6.07, 6.45) is 0.522. The van der Waals surface area contributed by atoms with Gasteiger partial charge in [-0.3, -0.25) is 4.79 Å². The van der Waals surface area contributed by atoms with Crippen molar-refractivity contribution in [3.63, 3.8) is 0 Å². The lowest BCUT2D eigenvalue weighted by molar-refractivity contribution is 0.0987. The first kappa shape index (κ1) is 12.8. The highest BCUT2D eigenvalue weighted by Gasteiger charge is 2.09. The van der Waals surface area contributed by atoms with Crippen molar-refractivity contribution in [1.82, 2.24) is 4.98 Å². The SMILES string of the molecule is CCC(=O)c1ccc(Sc2ccccc2)nc1C. The number of carbonyl (C=O) groups is 1. The molecule has 0 spiro atoms. The van der Waals surface area contributed by atoms with Crippen molar-refractivity contribution in [2.24, 2.45) is 0 Å². The van der Waals surface area contributed by atoms with Gasteiger partial charge >= 0.3 is 0 Å². The van der Waals surface area contributed by atoms with Crippen LogP contribution in [-0.4, -0.2) is 10.8 Å². The minimum Gasteiger partial charge on any atom is -0.294 e. The average molecular weight is 257 g/mol. The van der Waals surface area contributed by atoms with Crippen molar-refractivity contribution in [3.8, 4) is 0 Å². The normalized spacial score (nSPS) is 10.3. The number of pyridine rings is 1. The van der Waals surface area contributed by atoms with Gasteiger partial charge in [0.2, 0.25) is 0 Å². The summed E-state index contributed by atoms with van der Waals surface area (Å²) in [5.41, 5.74) is 1.54. The van der Waals surface area contributed by atoms with E-state index < -0.39 is 0 Å². The van der Waals surface area contributed by atoms with Gasteiger partial charge in [-0.1, -0.05) is 36.9 Å². The van der Waals surface area contributed by atoms with Crippen molar-refractivity contribution in [1.29, 1.82) is 0 Å². The number of ketones is 1. The maximum atomic E-state index is 11.7. The minimum absolute atomic E-state index is 0.149. The average Bonchev–Trinajstić information content (AvgIpc) is 2.39. The number of rotatable bonds is 4. The van der Waals surface area contributed by atoms with Gasteiger partial charge < -0.3 is 0 Å². The zero-order valence-corrected chi connectivity index (χ0v) is 11.3. The fraction of sp³-hybridized carbons (Fsp3) is 0.200. The first-order valence-corrected chi connectivity index (χ1v) is 6.76. The molecule has 1 aromatic heterocycles. The molecular weight excluding hydrogens is 242 g/mol. The summed E-state index contributed by atoms with van der Waals surface area (Å²) in [6, 6.07) is 13.9. The summed E-state index contributed by atoms with van der Waals surface area (Å²) in [7, 11) is 0. The van der Waals surface area contributed by atoms with E-state index in [2.05, 4.69) is 4.98 Å². The van der Waals surface area contributed by atoms with Gasteiger partial charge in [0.1, 0.15) is 5.03 Å². The highest BCUT2D eigenvalue weighted by molar-refractivity contribution is 7.99. The second-order valence-corrected chi connectivity index (χ2v) is 5.07. The second kappa shape index (κ2) is 5.83. The van der Waals surface area contributed by atoms with E-state index in [1.54, 1.807) is 11.8 Å². The summed E-state index contributed by atoms with van der Waals surface area (Å²) < 4.78 is 0. The van der Waals surface area contributed by atoms with Crippen LogP contribution in [0.3, 0.4) is 0 Å². The van der Waals surface area contributed by atoms with Gasteiger partial charge in [-0.25, -0.2) is 4.98 Å². The number of hydrogen-bond donors (Lipinski definition) is 0. The molecule has 3 heteroatoms. The van der Waals surface area contributed by atoms with E-state index in [9.17, 15) is 4.79 Å². The lowest BCUT2D eigenvalue weighted by Gasteiger charge is -2.05. The Hall–Kier alpha value is -1.61. The van der Waals surface area contributed by atoms with Crippen LogP contribution in [0.15, 0.2) is 52.4 Å². The Morgan fingerprint density at radius 2 is 1.89 bits per heavy atom. The van der Waals surface area contributed by atoms with Crippen molar-refractivity contribution >= 4 is 17.5 Å². The van der Waals surface area contributed by atoms with E-state index in [-0.39, 0.29) is 5.78 Å². The number of carbonyl (C=O) groups excluding carboxylic acids is 1. The highest BCUT2D eigenvalue weighted by atomic mass is 32.2. The van der Waals surface area contributed by atoms with E-state index >= 15 is 0 Å². The summed E-state index contributed by atoms with van der Waals surface area (Å²) in [5, 5.41) is 0.923. The standard InChI is InChI=1S/C15H15NOS/c1-3-14(17)13-9-10-15(16-11(13)2)18-12-7-5-4-6-8-12/h4-10H,3H2,1-2H3. The van der Waals surface area contributed by atoms with E-state index in [0.29, 0.717) is 6.42 Å². The molecule has 2 rings (SSSR count). The fourth-order valence-electron chi connectivity index (χ4n) is 1.69. The Balaban J connectivity index is 2.22.